The van der Waals surface area contributed by atoms with Gasteiger partial charge in [-0.1, -0.05) is 30.3 Å². The van der Waals surface area contributed by atoms with E-state index in [1.54, 1.807) is 30.3 Å². The standard InChI is InChI=1S/C16H14F3N3O2/c17-16(18,19)12-6-7-13(21-8-12)10-22(15(24)14(20)23)9-11-4-2-1-3-5-11/h1-8H,9-10H2,(H2,20,23). The van der Waals surface area contributed by atoms with E-state index in [-0.39, 0.29) is 18.8 Å². The van der Waals surface area contributed by atoms with E-state index >= 15 is 0 Å². The van der Waals surface area contributed by atoms with Gasteiger partial charge in [0.2, 0.25) is 0 Å². The molecule has 1 heterocycles. The van der Waals surface area contributed by atoms with Crippen molar-refractivity contribution in [2.75, 3.05) is 0 Å². The van der Waals surface area contributed by atoms with Crippen LogP contribution in [0.3, 0.4) is 0 Å². The van der Waals surface area contributed by atoms with Gasteiger partial charge in [0.05, 0.1) is 17.8 Å². The van der Waals surface area contributed by atoms with E-state index in [0.29, 0.717) is 6.20 Å². The Balaban J connectivity index is 2.19. The molecular formula is C16H14F3N3O2. The molecule has 0 saturated heterocycles. The molecule has 0 bridgehead atoms. The van der Waals surface area contributed by atoms with Gasteiger partial charge in [0.25, 0.3) is 0 Å². The number of alkyl halides is 3. The third kappa shape index (κ3) is 4.55. The highest BCUT2D eigenvalue weighted by Gasteiger charge is 2.30. The van der Waals surface area contributed by atoms with Crippen LogP contribution >= 0.6 is 0 Å². The lowest BCUT2D eigenvalue weighted by atomic mass is 10.2. The summed E-state index contributed by atoms with van der Waals surface area (Å²) in [5.74, 6) is -2.07. The fourth-order valence-corrected chi connectivity index (χ4v) is 2.04. The molecule has 126 valence electrons. The lowest BCUT2D eigenvalue weighted by Gasteiger charge is -2.21. The number of primary amides is 1. The van der Waals surface area contributed by atoms with Crippen molar-refractivity contribution in [2.24, 2.45) is 5.73 Å². The molecule has 5 nitrogen and oxygen atoms in total. The summed E-state index contributed by atoms with van der Waals surface area (Å²) < 4.78 is 37.6. The molecule has 0 fully saturated rings. The van der Waals surface area contributed by atoms with Crippen LogP contribution in [-0.4, -0.2) is 21.7 Å². The number of hydrogen-bond acceptors (Lipinski definition) is 3. The van der Waals surface area contributed by atoms with Gasteiger partial charge in [0, 0.05) is 12.7 Å². The lowest BCUT2D eigenvalue weighted by molar-refractivity contribution is -0.145. The number of nitrogens with zero attached hydrogens (tertiary/aromatic N) is 2. The van der Waals surface area contributed by atoms with Gasteiger partial charge in [-0.3, -0.25) is 14.6 Å². The van der Waals surface area contributed by atoms with Gasteiger partial charge < -0.3 is 10.6 Å². The van der Waals surface area contributed by atoms with Crippen LogP contribution in [0.25, 0.3) is 0 Å². The van der Waals surface area contributed by atoms with Crippen molar-refractivity contribution in [3.8, 4) is 0 Å². The van der Waals surface area contributed by atoms with Crippen LogP contribution in [0.15, 0.2) is 48.7 Å². The first kappa shape index (κ1) is 17.5. The Bertz CT molecular complexity index is 716. The zero-order valence-electron chi connectivity index (χ0n) is 12.5. The highest BCUT2D eigenvalue weighted by molar-refractivity contribution is 6.34. The lowest BCUT2D eigenvalue weighted by Crippen LogP contribution is -2.39. The largest absolute Gasteiger partial charge is 0.417 e. The summed E-state index contributed by atoms with van der Waals surface area (Å²) in [6.07, 6.45) is -3.80. The van der Waals surface area contributed by atoms with Crippen molar-refractivity contribution in [2.45, 2.75) is 19.3 Å². The van der Waals surface area contributed by atoms with Gasteiger partial charge in [-0.05, 0) is 17.7 Å². The van der Waals surface area contributed by atoms with Crippen LogP contribution < -0.4 is 5.73 Å². The summed E-state index contributed by atoms with van der Waals surface area (Å²) in [7, 11) is 0. The summed E-state index contributed by atoms with van der Waals surface area (Å²) in [4.78, 5) is 27.9. The fourth-order valence-electron chi connectivity index (χ4n) is 2.04. The van der Waals surface area contributed by atoms with Crippen molar-refractivity contribution in [1.82, 2.24) is 9.88 Å². The van der Waals surface area contributed by atoms with Crippen LogP contribution in [0.1, 0.15) is 16.8 Å². The highest BCUT2D eigenvalue weighted by atomic mass is 19.4. The Morgan fingerprint density at radius 1 is 1.04 bits per heavy atom. The van der Waals surface area contributed by atoms with Crippen LogP contribution in [-0.2, 0) is 28.9 Å². The van der Waals surface area contributed by atoms with Crippen LogP contribution in [0.4, 0.5) is 13.2 Å². The maximum absolute atomic E-state index is 12.5. The molecule has 0 aliphatic rings. The number of rotatable bonds is 4. The number of carbonyl (C=O) groups is 2. The monoisotopic (exact) mass is 337 g/mol. The van der Waals surface area contributed by atoms with Crippen molar-refractivity contribution in [1.29, 1.82) is 0 Å². The average molecular weight is 337 g/mol. The molecule has 0 radical (unpaired) electrons. The maximum atomic E-state index is 12.5. The first-order valence-corrected chi connectivity index (χ1v) is 6.92. The van der Waals surface area contributed by atoms with E-state index in [1.807, 2.05) is 0 Å². The molecule has 1 aromatic heterocycles. The minimum atomic E-state index is -4.49. The second-order valence-electron chi connectivity index (χ2n) is 5.05. The highest BCUT2D eigenvalue weighted by Crippen LogP contribution is 2.28. The predicted molar refractivity (Wildman–Crippen MR) is 79.1 cm³/mol. The molecule has 1 aromatic carbocycles. The quantitative estimate of drug-likeness (QED) is 0.868. The number of hydrogen-bond donors (Lipinski definition) is 1. The fraction of sp³-hybridized carbons (Fsp3) is 0.188. The molecule has 8 heteroatoms. The number of nitrogens with two attached hydrogens (primary N) is 1. The van der Waals surface area contributed by atoms with E-state index in [2.05, 4.69) is 4.98 Å². The second kappa shape index (κ2) is 7.12. The second-order valence-corrected chi connectivity index (χ2v) is 5.05. The molecular weight excluding hydrogens is 323 g/mol. The third-order valence-corrected chi connectivity index (χ3v) is 3.22. The van der Waals surface area contributed by atoms with Crippen LogP contribution in [0, 0.1) is 0 Å². The summed E-state index contributed by atoms with van der Waals surface area (Å²) in [5, 5.41) is 0. The number of halogens is 3. The molecule has 2 aromatic rings. The zero-order chi connectivity index (χ0) is 17.7. The van der Waals surface area contributed by atoms with Crippen molar-refractivity contribution in [3.63, 3.8) is 0 Å². The summed E-state index contributed by atoms with van der Waals surface area (Å²) >= 11 is 0. The molecule has 0 unspecified atom stereocenters. The number of pyridine rings is 1. The molecule has 2 rings (SSSR count). The van der Waals surface area contributed by atoms with Crippen LogP contribution in [0.5, 0.6) is 0 Å². The topological polar surface area (TPSA) is 76.3 Å². The maximum Gasteiger partial charge on any atom is 0.417 e. The Morgan fingerprint density at radius 3 is 2.21 bits per heavy atom. The van der Waals surface area contributed by atoms with Crippen molar-refractivity contribution in [3.05, 3.63) is 65.5 Å². The van der Waals surface area contributed by atoms with Gasteiger partial charge in [-0.25, -0.2) is 0 Å². The van der Waals surface area contributed by atoms with Crippen molar-refractivity contribution >= 4 is 11.8 Å². The Kier molecular flexibility index (Phi) is 5.18. The molecule has 24 heavy (non-hydrogen) atoms. The minimum Gasteiger partial charge on any atom is -0.361 e. The Hall–Kier alpha value is -2.90. The van der Waals surface area contributed by atoms with E-state index in [0.717, 1.165) is 22.6 Å². The summed E-state index contributed by atoms with van der Waals surface area (Å²) in [6.45, 7) is -0.0415. The summed E-state index contributed by atoms with van der Waals surface area (Å²) in [5.41, 5.74) is 5.10. The molecule has 2 N–H and O–H groups in total. The van der Waals surface area contributed by atoms with Gasteiger partial charge in [0.15, 0.2) is 0 Å². The average Bonchev–Trinajstić information content (AvgIpc) is 2.54. The smallest absolute Gasteiger partial charge is 0.361 e. The number of amides is 2. The van der Waals surface area contributed by atoms with Gasteiger partial charge in [-0.15, -0.1) is 0 Å². The zero-order valence-corrected chi connectivity index (χ0v) is 12.5. The van der Waals surface area contributed by atoms with E-state index in [1.165, 1.54) is 0 Å². The number of carbonyl (C=O) groups excluding carboxylic acids is 2. The summed E-state index contributed by atoms with van der Waals surface area (Å²) in [6, 6.07) is 10.9. The first-order valence-electron chi connectivity index (χ1n) is 6.92. The number of aromatic nitrogens is 1. The van der Waals surface area contributed by atoms with E-state index in [9.17, 15) is 22.8 Å². The molecule has 2 amide bonds. The first-order chi connectivity index (χ1) is 11.3. The van der Waals surface area contributed by atoms with E-state index < -0.39 is 23.6 Å². The van der Waals surface area contributed by atoms with Gasteiger partial charge in [-0.2, -0.15) is 13.2 Å². The molecule has 0 spiro atoms. The Labute approximate surface area is 135 Å². The number of benzene rings is 1. The molecule has 0 atom stereocenters. The van der Waals surface area contributed by atoms with Crippen molar-refractivity contribution < 1.29 is 22.8 Å². The predicted octanol–water partition coefficient (Wildman–Crippen LogP) is 2.11. The molecule has 0 aliphatic heterocycles. The Morgan fingerprint density at radius 2 is 1.71 bits per heavy atom. The minimum absolute atomic E-state index is 0.0886. The molecule has 0 aliphatic carbocycles. The third-order valence-electron chi connectivity index (χ3n) is 3.22. The van der Waals surface area contributed by atoms with Gasteiger partial charge in [0.1, 0.15) is 0 Å². The molecule has 0 saturated carbocycles. The normalized spacial score (nSPS) is 11.1. The SMILES string of the molecule is NC(=O)C(=O)N(Cc1ccccc1)Cc1ccc(C(F)(F)F)cn1. The van der Waals surface area contributed by atoms with Crippen LogP contribution in [0.2, 0.25) is 0 Å². The van der Waals surface area contributed by atoms with Gasteiger partial charge >= 0.3 is 18.0 Å². The van der Waals surface area contributed by atoms with E-state index in [4.69, 9.17) is 5.73 Å².